The molecular weight excluding hydrogens is 550 g/mol. The Balaban J connectivity index is 1.51. The Labute approximate surface area is 230 Å². The Kier molecular flexibility index (Phi) is 7.41. The molecule has 0 radical (unpaired) electrons. The number of carbonyl (C=O) groups excluding carboxylic acids is 2. The molecule has 0 spiro atoms. The molecule has 0 saturated heterocycles. The Bertz CT molecular complexity index is 1520. The van der Waals surface area contributed by atoms with E-state index >= 15 is 0 Å². The lowest BCUT2D eigenvalue weighted by Crippen LogP contribution is -2.31. The van der Waals surface area contributed by atoms with Crippen molar-refractivity contribution in [1.82, 2.24) is 10.2 Å². The second kappa shape index (κ2) is 10.9. The molecule has 9 nitrogen and oxygen atoms in total. The number of phenolic OH excluding ortho intramolecular Hbond substituents is 1. The predicted molar refractivity (Wildman–Crippen MR) is 143 cm³/mol. The second-order valence-electron chi connectivity index (χ2n) is 8.07. The molecule has 38 heavy (non-hydrogen) atoms. The van der Waals surface area contributed by atoms with Crippen molar-refractivity contribution in [3.8, 4) is 11.5 Å². The number of hydrogen-bond donors (Lipinski definition) is 2. The maximum absolute atomic E-state index is 13.4. The Morgan fingerprint density at radius 2 is 1.97 bits per heavy atom. The van der Waals surface area contributed by atoms with Crippen molar-refractivity contribution in [1.29, 1.82) is 0 Å². The quantitative estimate of drug-likeness (QED) is 0.142. The van der Waals surface area contributed by atoms with Crippen molar-refractivity contribution in [2.75, 3.05) is 11.5 Å². The fourth-order valence-corrected chi connectivity index (χ4v) is 5.90. The van der Waals surface area contributed by atoms with Crippen LogP contribution < -0.4 is 9.64 Å². The van der Waals surface area contributed by atoms with Gasteiger partial charge in [0, 0.05) is 10.8 Å². The number of halogens is 1. The molecular formula is C26H20ClN3O6S2. The van der Waals surface area contributed by atoms with E-state index in [1.165, 1.54) is 47.2 Å². The number of rotatable bonds is 9. The van der Waals surface area contributed by atoms with Gasteiger partial charge in [-0.3, -0.25) is 14.5 Å². The lowest BCUT2D eigenvalue weighted by atomic mass is 9.95. The predicted octanol–water partition coefficient (Wildman–Crippen LogP) is 5.96. The zero-order chi connectivity index (χ0) is 26.8. The number of anilines is 1. The minimum absolute atomic E-state index is 0.0357. The number of ether oxygens (including phenoxy) is 1. The maximum Gasteiger partial charge on any atom is 0.296 e. The third-order valence-corrected chi connectivity index (χ3v) is 8.05. The summed E-state index contributed by atoms with van der Waals surface area (Å²) in [7, 11) is 0. The number of nitrogens with zero attached hydrogens (tertiary/aromatic N) is 3. The number of amides is 1. The SMILES string of the molecule is CCOc1cc(C2C(C(=O)c3ccco3)=C(O)C(=O)N2c2nnc(SCc3ccc(Cl)cc3)s2)ccc1O. The van der Waals surface area contributed by atoms with Crippen molar-refractivity contribution in [2.45, 2.75) is 23.1 Å². The number of aromatic hydroxyl groups is 1. The first-order valence-electron chi connectivity index (χ1n) is 11.4. The van der Waals surface area contributed by atoms with Crippen molar-refractivity contribution in [3.63, 3.8) is 0 Å². The first kappa shape index (κ1) is 25.8. The van der Waals surface area contributed by atoms with Gasteiger partial charge in [-0.05, 0) is 54.4 Å². The summed E-state index contributed by atoms with van der Waals surface area (Å²) < 4.78 is 11.4. The molecule has 1 amide bonds. The van der Waals surface area contributed by atoms with E-state index in [0.717, 1.165) is 16.9 Å². The van der Waals surface area contributed by atoms with Crippen molar-refractivity contribution in [3.05, 3.63) is 94.1 Å². The number of carbonyl (C=O) groups is 2. The number of ketones is 1. The van der Waals surface area contributed by atoms with Gasteiger partial charge >= 0.3 is 0 Å². The van der Waals surface area contributed by atoms with Gasteiger partial charge in [-0.1, -0.05) is 52.9 Å². The van der Waals surface area contributed by atoms with E-state index in [2.05, 4.69) is 10.2 Å². The van der Waals surface area contributed by atoms with Crippen LogP contribution in [0, 0.1) is 0 Å². The lowest BCUT2D eigenvalue weighted by Gasteiger charge is -2.24. The molecule has 1 atom stereocenters. The number of aromatic nitrogens is 2. The summed E-state index contributed by atoms with van der Waals surface area (Å²) in [4.78, 5) is 27.9. The standard InChI is InChI=1S/C26H20ClN3O6S2/c1-2-35-19-12-15(7-10-17(19)31)21-20(22(32)18-4-3-11-36-18)23(33)24(34)30(21)25-28-29-26(38-25)37-13-14-5-8-16(27)9-6-14/h3-12,21,31,33H,2,13H2,1H3. The summed E-state index contributed by atoms with van der Waals surface area (Å²) in [5.74, 6) is -1.53. The first-order chi connectivity index (χ1) is 18.4. The molecule has 2 N–H and O–H groups in total. The third kappa shape index (κ3) is 5.00. The summed E-state index contributed by atoms with van der Waals surface area (Å²) in [5.41, 5.74) is 1.28. The van der Waals surface area contributed by atoms with Crippen LogP contribution in [0.3, 0.4) is 0 Å². The Morgan fingerprint density at radius 3 is 2.68 bits per heavy atom. The number of phenols is 1. The molecule has 194 valence electrons. The normalized spacial score (nSPS) is 15.4. The molecule has 1 unspecified atom stereocenters. The zero-order valence-corrected chi connectivity index (χ0v) is 22.2. The average molecular weight is 570 g/mol. The second-order valence-corrected chi connectivity index (χ2v) is 10.7. The van der Waals surface area contributed by atoms with Crippen LogP contribution in [-0.4, -0.2) is 38.7 Å². The van der Waals surface area contributed by atoms with E-state index in [1.54, 1.807) is 25.1 Å². The highest BCUT2D eigenvalue weighted by molar-refractivity contribution is 8.00. The Hall–Kier alpha value is -3.80. The summed E-state index contributed by atoms with van der Waals surface area (Å²) in [6, 6.07) is 13.8. The van der Waals surface area contributed by atoms with E-state index in [-0.39, 0.29) is 34.6 Å². The molecule has 1 aliphatic rings. The van der Waals surface area contributed by atoms with Gasteiger partial charge in [0.15, 0.2) is 27.4 Å². The topological polar surface area (TPSA) is 126 Å². The van der Waals surface area contributed by atoms with Crippen LogP contribution in [0.4, 0.5) is 5.13 Å². The van der Waals surface area contributed by atoms with Gasteiger partial charge in [0.05, 0.1) is 24.5 Å². The number of aliphatic hydroxyl groups excluding tert-OH is 1. The maximum atomic E-state index is 13.4. The van der Waals surface area contributed by atoms with Crippen LogP contribution in [0.1, 0.15) is 34.6 Å². The van der Waals surface area contributed by atoms with Gasteiger partial charge < -0.3 is 19.4 Å². The van der Waals surface area contributed by atoms with Gasteiger partial charge in [0.2, 0.25) is 10.9 Å². The van der Waals surface area contributed by atoms with E-state index < -0.39 is 23.5 Å². The molecule has 0 saturated carbocycles. The summed E-state index contributed by atoms with van der Waals surface area (Å²) in [5, 5.41) is 30.3. The molecule has 0 fully saturated rings. The molecule has 4 aromatic rings. The van der Waals surface area contributed by atoms with Crippen LogP contribution in [0.25, 0.3) is 0 Å². The van der Waals surface area contributed by atoms with Crippen molar-refractivity contribution in [2.24, 2.45) is 0 Å². The van der Waals surface area contributed by atoms with Crippen LogP contribution in [0.2, 0.25) is 5.02 Å². The summed E-state index contributed by atoms with van der Waals surface area (Å²) >= 11 is 8.54. The molecule has 1 aliphatic heterocycles. The minimum Gasteiger partial charge on any atom is -0.504 e. The van der Waals surface area contributed by atoms with Crippen LogP contribution in [-0.2, 0) is 10.5 Å². The highest BCUT2D eigenvalue weighted by Crippen LogP contribution is 2.45. The monoisotopic (exact) mass is 569 g/mol. The Morgan fingerprint density at radius 1 is 1.18 bits per heavy atom. The van der Waals surface area contributed by atoms with E-state index in [0.29, 0.717) is 20.7 Å². The van der Waals surface area contributed by atoms with Crippen LogP contribution in [0.5, 0.6) is 11.5 Å². The van der Waals surface area contributed by atoms with E-state index in [4.69, 9.17) is 20.8 Å². The minimum atomic E-state index is -1.07. The fourth-order valence-electron chi connectivity index (χ4n) is 3.95. The molecule has 3 heterocycles. The van der Waals surface area contributed by atoms with Crippen molar-refractivity contribution >= 4 is 51.5 Å². The zero-order valence-electron chi connectivity index (χ0n) is 19.8. The highest BCUT2D eigenvalue weighted by Gasteiger charge is 2.47. The number of Topliss-reactive ketones (excluding diaryl/α,β-unsaturated/α-hetero) is 1. The average Bonchev–Trinajstić information content (AvgIpc) is 3.66. The fraction of sp³-hybridized carbons (Fsp3) is 0.154. The highest BCUT2D eigenvalue weighted by atomic mass is 35.5. The number of furan rings is 1. The van der Waals surface area contributed by atoms with Crippen molar-refractivity contribution < 1.29 is 29.0 Å². The van der Waals surface area contributed by atoms with Crippen LogP contribution >= 0.6 is 34.7 Å². The molecule has 5 rings (SSSR count). The van der Waals surface area contributed by atoms with Gasteiger partial charge in [-0.15, -0.1) is 10.2 Å². The van der Waals surface area contributed by atoms with Gasteiger partial charge in [-0.25, -0.2) is 0 Å². The molecule has 0 aliphatic carbocycles. The number of benzene rings is 2. The largest absolute Gasteiger partial charge is 0.504 e. The number of thioether (sulfide) groups is 1. The molecule has 2 aromatic carbocycles. The van der Waals surface area contributed by atoms with Crippen LogP contribution in [0.15, 0.2) is 80.9 Å². The van der Waals surface area contributed by atoms with Gasteiger partial charge in [0.25, 0.3) is 5.91 Å². The smallest absolute Gasteiger partial charge is 0.296 e. The third-order valence-electron chi connectivity index (χ3n) is 5.67. The summed E-state index contributed by atoms with van der Waals surface area (Å²) in [6.07, 6.45) is 1.33. The number of aliphatic hydroxyl groups is 1. The number of hydrogen-bond acceptors (Lipinski definition) is 10. The molecule has 0 bridgehead atoms. The molecule has 12 heteroatoms. The van der Waals surface area contributed by atoms with E-state index in [1.807, 2.05) is 12.1 Å². The first-order valence-corrected chi connectivity index (χ1v) is 13.6. The molecule has 2 aromatic heterocycles. The van der Waals surface area contributed by atoms with E-state index in [9.17, 15) is 19.8 Å². The van der Waals surface area contributed by atoms with Gasteiger partial charge in [0.1, 0.15) is 0 Å². The van der Waals surface area contributed by atoms with Gasteiger partial charge in [-0.2, -0.15) is 0 Å². The lowest BCUT2D eigenvalue weighted by molar-refractivity contribution is -0.117. The summed E-state index contributed by atoms with van der Waals surface area (Å²) in [6.45, 7) is 2.05.